The van der Waals surface area contributed by atoms with E-state index in [1.807, 2.05) is 6.08 Å². The number of allylic oxidation sites excluding steroid dienone is 2. The third-order valence-electron chi connectivity index (χ3n) is 10.7. The number of fused-ring (bicyclic) bond motifs is 5. The summed E-state index contributed by atoms with van der Waals surface area (Å²) in [6.07, 6.45) is 11.2. The lowest BCUT2D eigenvalue weighted by molar-refractivity contribution is -0.151. The van der Waals surface area contributed by atoms with Gasteiger partial charge in [-0.2, -0.15) is 0 Å². The second-order valence-corrected chi connectivity index (χ2v) is 12.4. The lowest BCUT2D eigenvalue weighted by Gasteiger charge is -2.61. The summed E-state index contributed by atoms with van der Waals surface area (Å²) in [6, 6.07) is 0. The first kappa shape index (κ1) is 23.5. The van der Waals surface area contributed by atoms with Crippen molar-refractivity contribution in [3.63, 3.8) is 0 Å². The number of hydrogen-bond donors (Lipinski definition) is 3. The Labute approximate surface area is 190 Å². The van der Waals surface area contributed by atoms with Gasteiger partial charge in [0.25, 0.3) is 0 Å². The van der Waals surface area contributed by atoms with Crippen LogP contribution in [0.2, 0.25) is 0 Å². The molecule has 0 aromatic carbocycles. The molecule has 3 nitrogen and oxygen atoms in total. The predicted molar refractivity (Wildman–Crippen MR) is 126 cm³/mol. The summed E-state index contributed by atoms with van der Waals surface area (Å²) >= 11 is 0. The minimum Gasteiger partial charge on any atom is -0.390 e. The molecule has 3 fully saturated rings. The van der Waals surface area contributed by atoms with E-state index in [9.17, 15) is 15.3 Å². The van der Waals surface area contributed by atoms with Crippen LogP contribution in [0.4, 0.5) is 0 Å². The Hall–Kier alpha value is -0.640. The van der Waals surface area contributed by atoms with Crippen LogP contribution in [0, 0.1) is 52.3 Å². The molecule has 0 bridgehead atoms. The zero-order chi connectivity index (χ0) is 22.7. The fourth-order valence-electron chi connectivity index (χ4n) is 8.33. The van der Waals surface area contributed by atoms with Gasteiger partial charge in [0.05, 0.1) is 12.2 Å². The Morgan fingerprint density at radius 1 is 0.903 bits per heavy atom. The van der Waals surface area contributed by atoms with Gasteiger partial charge in [0.2, 0.25) is 0 Å². The van der Waals surface area contributed by atoms with E-state index in [-0.39, 0.29) is 16.7 Å². The maximum Gasteiger partial charge on any atom is 0.102 e. The summed E-state index contributed by atoms with van der Waals surface area (Å²) in [5.74, 6) is 3.53. The van der Waals surface area contributed by atoms with Crippen molar-refractivity contribution >= 4 is 0 Å². The first-order valence-corrected chi connectivity index (χ1v) is 13.0. The van der Waals surface area contributed by atoms with Crippen LogP contribution in [0.3, 0.4) is 0 Å². The third kappa shape index (κ3) is 3.67. The quantitative estimate of drug-likeness (QED) is 0.527. The van der Waals surface area contributed by atoms with Crippen LogP contribution in [0.5, 0.6) is 0 Å². The molecule has 4 rings (SSSR count). The number of aliphatic hydroxyl groups is 3. The Morgan fingerprint density at radius 2 is 1.61 bits per heavy atom. The summed E-state index contributed by atoms with van der Waals surface area (Å²) < 4.78 is 0. The van der Waals surface area contributed by atoms with E-state index in [0.717, 1.165) is 24.8 Å². The summed E-state index contributed by atoms with van der Waals surface area (Å²) in [7, 11) is 0. The van der Waals surface area contributed by atoms with Crippen LogP contribution in [0.25, 0.3) is 0 Å². The molecule has 0 unspecified atom stereocenters. The second-order valence-electron chi connectivity index (χ2n) is 12.4. The van der Waals surface area contributed by atoms with E-state index in [1.54, 1.807) is 0 Å². The molecule has 3 saturated carbocycles. The van der Waals surface area contributed by atoms with Crippen LogP contribution in [-0.2, 0) is 0 Å². The predicted octanol–water partition coefficient (Wildman–Crippen LogP) is 5.35. The summed E-state index contributed by atoms with van der Waals surface area (Å²) in [5, 5.41) is 32.7. The highest BCUT2D eigenvalue weighted by Crippen LogP contribution is 2.67. The van der Waals surface area contributed by atoms with Crippen LogP contribution in [0.15, 0.2) is 23.8 Å². The van der Waals surface area contributed by atoms with Crippen LogP contribution >= 0.6 is 0 Å². The summed E-state index contributed by atoms with van der Waals surface area (Å²) in [5.41, 5.74) is 1.07. The molecule has 4 aliphatic rings. The fourth-order valence-corrected chi connectivity index (χ4v) is 8.33. The zero-order valence-electron chi connectivity index (χ0n) is 20.6. The Bertz CT molecular complexity index is 726. The highest BCUT2D eigenvalue weighted by atomic mass is 16.3. The largest absolute Gasteiger partial charge is 0.390 e. The van der Waals surface area contributed by atoms with Gasteiger partial charge >= 0.3 is 0 Å². The molecule has 4 aliphatic carbocycles. The van der Waals surface area contributed by atoms with E-state index in [0.29, 0.717) is 35.5 Å². The molecule has 0 radical (unpaired) electrons. The maximum absolute atomic E-state index is 11.3. The zero-order valence-corrected chi connectivity index (χ0v) is 20.6. The molecule has 3 heteroatoms. The van der Waals surface area contributed by atoms with Gasteiger partial charge in [0.1, 0.15) is 6.10 Å². The molecule has 0 heterocycles. The van der Waals surface area contributed by atoms with Gasteiger partial charge in [-0.1, -0.05) is 59.8 Å². The average Bonchev–Trinajstić information content (AvgIpc) is 3.08. The molecule has 0 spiro atoms. The molecule has 0 aliphatic heterocycles. The number of aliphatic hydroxyl groups excluding tert-OH is 3. The molecule has 31 heavy (non-hydrogen) atoms. The van der Waals surface area contributed by atoms with Gasteiger partial charge in [-0.25, -0.2) is 0 Å². The van der Waals surface area contributed by atoms with Crippen molar-refractivity contribution in [2.24, 2.45) is 52.3 Å². The lowest BCUT2D eigenvalue weighted by atomic mass is 9.45. The van der Waals surface area contributed by atoms with Gasteiger partial charge in [-0.15, -0.1) is 0 Å². The van der Waals surface area contributed by atoms with Crippen molar-refractivity contribution in [1.29, 1.82) is 0 Å². The molecule has 3 N–H and O–H groups in total. The van der Waals surface area contributed by atoms with E-state index in [2.05, 4.69) is 53.7 Å². The smallest absolute Gasteiger partial charge is 0.102 e. The first-order valence-electron chi connectivity index (χ1n) is 13.0. The van der Waals surface area contributed by atoms with Crippen molar-refractivity contribution in [3.05, 3.63) is 23.8 Å². The van der Waals surface area contributed by atoms with Crippen LogP contribution in [0.1, 0.15) is 80.1 Å². The molecular formula is C28H46O3. The van der Waals surface area contributed by atoms with E-state index in [4.69, 9.17) is 0 Å². The fraction of sp³-hybridized carbons (Fsp3) is 0.857. The number of rotatable bonds is 4. The molecule has 11 atom stereocenters. The van der Waals surface area contributed by atoms with Crippen molar-refractivity contribution in [2.75, 3.05) is 0 Å². The van der Waals surface area contributed by atoms with E-state index in [1.165, 1.54) is 19.3 Å². The first-order chi connectivity index (χ1) is 14.5. The minimum atomic E-state index is -0.827. The number of hydrogen-bond acceptors (Lipinski definition) is 3. The minimum absolute atomic E-state index is 0.0832. The van der Waals surface area contributed by atoms with Gasteiger partial charge in [-0.05, 0) is 96.4 Å². The Balaban J connectivity index is 1.60. The Kier molecular flexibility index (Phi) is 6.29. The molecule has 0 amide bonds. The highest BCUT2D eigenvalue weighted by Gasteiger charge is 2.63. The normalized spacial score (nSPS) is 49.4. The standard InChI is InChI=1S/C28H46O3/c1-16(2)17(3)7-8-18(4)20-9-10-21-24-22(12-14-27(20,21)5)28(6)13-11-19(29)15-23(28)25(30)26(24)31/h7-8,15-22,24-26,29-31H,9-14H2,1-6H3/b8-7+/t17-,18+,19-,20+,21-,22-,24-,25-,26-,27+,28+/m0/s1. The van der Waals surface area contributed by atoms with E-state index >= 15 is 0 Å². The second kappa shape index (κ2) is 8.29. The van der Waals surface area contributed by atoms with E-state index < -0.39 is 18.3 Å². The SMILES string of the molecule is CC(C)[C@@H](C)/C=C/[C@@H](C)[C@H]1CC[C@H]2[C@@H]3[C@H](O)[C@@H](O)C4=C[C@@H](O)CC[C@]4(C)[C@H]3CC[C@]12C. The van der Waals surface area contributed by atoms with Crippen molar-refractivity contribution < 1.29 is 15.3 Å². The summed E-state index contributed by atoms with van der Waals surface area (Å²) in [4.78, 5) is 0. The van der Waals surface area contributed by atoms with Gasteiger partial charge < -0.3 is 15.3 Å². The van der Waals surface area contributed by atoms with Crippen molar-refractivity contribution in [3.8, 4) is 0 Å². The topological polar surface area (TPSA) is 60.7 Å². The van der Waals surface area contributed by atoms with Crippen LogP contribution in [-0.4, -0.2) is 33.6 Å². The lowest BCUT2D eigenvalue weighted by Crippen LogP contribution is -2.60. The van der Waals surface area contributed by atoms with Gasteiger partial charge in [0, 0.05) is 0 Å². The Morgan fingerprint density at radius 3 is 2.29 bits per heavy atom. The monoisotopic (exact) mass is 430 g/mol. The van der Waals surface area contributed by atoms with Crippen molar-refractivity contribution in [1.82, 2.24) is 0 Å². The van der Waals surface area contributed by atoms with Gasteiger partial charge in [-0.3, -0.25) is 0 Å². The molecular weight excluding hydrogens is 384 g/mol. The molecule has 0 aromatic heterocycles. The molecule has 0 saturated heterocycles. The van der Waals surface area contributed by atoms with Crippen molar-refractivity contribution in [2.45, 2.75) is 98.4 Å². The van der Waals surface area contributed by atoms with Gasteiger partial charge in [0.15, 0.2) is 0 Å². The molecule has 176 valence electrons. The molecule has 0 aromatic rings. The maximum atomic E-state index is 11.3. The average molecular weight is 431 g/mol. The summed E-state index contributed by atoms with van der Waals surface area (Å²) in [6.45, 7) is 14.1. The van der Waals surface area contributed by atoms with Crippen LogP contribution < -0.4 is 0 Å². The third-order valence-corrected chi connectivity index (χ3v) is 10.7. The highest BCUT2D eigenvalue weighted by molar-refractivity contribution is 5.31.